The predicted molar refractivity (Wildman–Crippen MR) is 79.9 cm³/mol. The van der Waals surface area contributed by atoms with E-state index >= 15 is 0 Å². The van der Waals surface area contributed by atoms with Crippen LogP contribution in [-0.2, 0) is 13.1 Å². The molecule has 5 heteroatoms. The van der Waals surface area contributed by atoms with E-state index in [9.17, 15) is 0 Å². The van der Waals surface area contributed by atoms with E-state index in [1.54, 1.807) is 0 Å². The van der Waals surface area contributed by atoms with Crippen molar-refractivity contribution in [2.24, 2.45) is 0 Å². The Balaban J connectivity index is 1.56. The molecule has 0 aliphatic heterocycles. The fourth-order valence-electron chi connectivity index (χ4n) is 2.59. The number of rotatable bonds is 5. The molecule has 1 N–H and O–H groups in total. The number of nitrogens with zero attached hydrogens (tertiary/aromatic N) is 3. The molecule has 1 saturated carbocycles. The molecule has 1 aromatic carbocycles. The van der Waals surface area contributed by atoms with Crippen molar-refractivity contribution in [3.63, 3.8) is 0 Å². The lowest BCUT2D eigenvalue weighted by Gasteiger charge is -2.05. The summed E-state index contributed by atoms with van der Waals surface area (Å²) in [5, 5.41) is 12.7. The summed E-state index contributed by atoms with van der Waals surface area (Å²) < 4.78 is 7.59. The molecule has 0 saturated heterocycles. The molecule has 0 bridgehead atoms. The molecular formula is C16H18N4O. The van der Waals surface area contributed by atoms with Crippen molar-refractivity contribution in [1.29, 1.82) is 0 Å². The Labute approximate surface area is 123 Å². The molecule has 2 heterocycles. The molecular weight excluding hydrogens is 264 g/mol. The number of nitrogens with one attached hydrogen (secondary N) is 1. The van der Waals surface area contributed by atoms with Crippen molar-refractivity contribution in [2.75, 3.05) is 0 Å². The second-order valence-electron chi connectivity index (χ2n) is 5.71. The lowest BCUT2D eigenvalue weighted by atomic mass is 10.1. The zero-order valence-electron chi connectivity index (χ0n) is 12.0. The maximum Gasteiger partial charge on any atom is 0.236 e. The number of fused-ring (bicyclic) bond motifs is 1. The molecule has 1 fully saturated rings. The zero-order valence-corrected chi connectivity index (χ0v) is 12.0. The molecule has 0 amide bonds. The van der Waals surface area contributed by atoms with Gasteiger partial charge in [0, 0.05) is 31.2 Å². The third kappa shape index (κ3) is 2.69. The summed E-state index contributed by atoms with van der Waals surface area (Å²) >= 11 is 0. The van der Waals surface area contributed by atoms with E-state index in [1.807, 2.05) is 6.92 Å². The summed E-state index contributed by atoms with van der Waals surface area (Å²) in [5.74, 6) is 1.25. The van der Waals surface area contributed by atoms with Gasteiger partial charge < -0.3 is 14.3 Å². The predicted octanol–water partition coefficient (Wildman–Crippen LogP) is 2.63. The van der Waals surface area contributed by atoms with Gasteiger partial charge in [-0.1, -0.05) is 6.07 Å². The Bertz CT molecular complexity index is 770. The Morgan fingerprint density at radius 2 is 2.19 bits per heavy atom. The highest BCUT2D eigenvalue weighted by atomic mass is 16.4. The van der Waals surface area contributed by atoms with Gasteiger partial charge in [0.25, 0.3) is 0 Å². The lowest BCUT2D eigenvalue weighted by Crippen LogP contribution is -2.15. The topological polar surface area (TPSA) is 55.9 Å². The Morgan fingerprint density at radius 3 is 2.95 bits per heavy atom. The zero-order chi connectivity index (χ0) is 14.2. The second kappa shape index (κ2) is 5.00. The molecule has 21 heavy (non-hydrogen) atoms. The molecule has 0 atom stereocenters. The molecule has 5 nitrogen and oxygen atoms in total. The van der Waals surface area contributed by atoms with Crippen LogP contribution in [0.5, 0.6) is 0 Å². The van der Waals surface area contributed by atoms with Crippen LogP contribution in [0.1, 0.15) is 30.2 Å². The molecule has 0 spiro atoms. The third-order valence-corrected chi connectivity index (χ3v) is 3.88. The first-order valence-corrected chi connectivity index (χ1v) is 7.38. The van der Waals surface area contributed by atoms with E-state index < -0.39 is 0 Å². The molecule has 2 aromatic heterocycles. The highest BCUT2D eigenvalue weighted by molar-refractivity contribution is 5.80. The SMILES string of the molecule is Cc1nnc(Cn2ccc3cc(CNC4CC4)ccc32)o1. The van der Waals surface area contributed by atoms with Gasteiger partial charge in [0.1, 0.15) is 6.54 Å². The van der Waals surface area contributed by atoms with Crippen LogP contribution < -0.4 is 5.32 Å². The Kier molecular flexibility index (Phi) is 3.00. The van der Waals surface area contributed by atoms with Gasteiger partial charge in [0.15, 0.2) is 0 Å². The van der Waals surface area contributed by atoms with E-state index in [-0.39, 0.29) is 0 Å². The average Bonchev–Trinajstić information content (AvgIpc) is 3.11. The number of hydrogen-bond acceptors (Lipinski definition) is 4. The van der Waals surface area contributed by atoms with Crippen molar-refractivity contribution in [3.05, 3.63) is 47.8 Å². The average molecular weight is 282 g/mol. The summed E-state index contributed by atoms with van der Waals surface area (Å²) in [7, 11) is 0. The molecule has 4 rings (SSSR count). The van der Waals surface area contributed by atoms with Crippen LogP contribution in [0.2, 0.25) is 0 Å². The van der Waals surface area contributed by atoms with E-state index in [0.717, 1.165) is 12.6 Å². The van der Waals surface area contributed by atoms with Crippen LogP contribution in [0.15, 0.2) is 34.9 Å². The highest BCUT2D eigenvalue weighted by Crippen LogP contribution is 2.21. The number of aromatic nitrogens is 3. The number of aryl methyl sites for hydroxylation is 1. The van der Waals surface area contributed by atoms with Crippen LogP contribution in [0.25, 0.3) is 10.9 Å². The monoisotopic (exact) mass is 282 g/mol. The molecule has 0 unspecified atom stereocenters. The largest absolute Gasteiger partial charge is 0.424 e. The maximum absolute atomic E-state index is 5.45. The quantitative estimate of drug-likeness (QED) is 0.781. The minimum absolute atomic E-state index is 0.606. The van der Waals surface area contributed by atoms with Crippen molar-refractivity contribution in [2.45, 2.75) is 38.9 Å². The standard InChI is InChI=1S/C16H18N4O/c1-11-18-19-16(21-11)10-20-7-6-13-8-12(2-5-15(13)20)9-17-14-3-4-14/h2,5-8,14,17H,3-4,9-10H2,1H3. The van der Waals surface area contributed by atoms with E-state index in [4.69, 9.17) is 4.42 Å². The molecule has 1 aliphatic rings. The van der Waals surface area contributed by atoms with Crippen molar-refractivity contribution in [3.8, 4) is 0 Å². The first-order chi connectivity index (χ1) is 10.3. The van der Waals surface area contributed by atoms with Gasteiger partial charge in [0.05, 0.1) is 0 Å². The minimum Gasteiger partial charge on any atom is -0.424 e. The van der Waals surface area contributed by atoms with Gasteiger partial charge in [-0.3, -0.25) is 0 Å². The van der Waals surface area contributed by atoms with Crippen molar-refractivity contribution < 1.29 is 4.42 Å². The summed E-state index contributed by atoms with van der Waals surface area (Å²) in [5.41, 5.74) is 2.53. The van der Waals surface area contributed by atoms with Crippen molar-refractivity contribution >= 4 is 10.9 Å². The van der Waals surface area contributed by atoms with Crippen LogP contribution in [0.3, 0.4) is 0 Å². The Hall–Kier alpha value is -2.14. The number of hydrogen-bond donors (Lipinski definition) is 1. The van der Waals surface area contributed by atoms with E-state index in [2.05, 4.69) is 50.5 Å². The van der Waals surface area contributed by atoms with Gasteiger partial charge in [-0.2, -0.15) is 0 Å². The second-order valence-corrected chi connectivity index (χ2v) is 5.71. The summed E-state index contributed by atoms with van der Waals surface area (Å²) in [4.78, 5) is 0. The first-order valence-electron chi connectivity index (χ1n) is 7.38. The van der Waals surface area contributed by atoms with Crippen LogP contribution in [0, 0.1) is 6.92 Å². The van der Waals surface area contributed by atoms with E-state index in [0.29, 0.717) is 18.3 Å². The summed E-state index contributed by atoms with van der Waals surface area (Å²) in [6.07, 6.45) is 4.72. The fraction of sp³-hybridized carbons (Fsp3) is 0.375. The van der Waals surface area contributed by atoms with Gasteiger partial charge >= 0.3 is 0 Å². The number of benzene rings is 1. The third-order valence-electron chi connectivity index (χ3n) is 3.88. The molecule has 3 aromatic rings. The molecule has 108 valence electrons. The minimum atomic E-state index is 0.606. The van der Waals surface area contributed by atoms with Gasteiger partial charge in [-0.15, -0.1) is 10.2 Å². The van der Waals surface area contributed by atoms with Crippen LogP contribution in [-0.4, -0.2) is 20.8 Å². The van der Waals surface area contributed by atoms with Crippen molar-refractivity contribution in [1.82, 2.24) is 20.1 Å². The fourth-order valence-corrected chi connectivity index (χ4v) is 2.59. The maximum atomic E-state index is 5.45. The lowest BCUT2D eigenvalue weighted by molar-refractivity contribution is 0.457. The van der Waals surface area contributed by atoms with Crippen LogP contribution >= 0.6 is 0 Å². The van der Waals surface area contributed by atoms with Gasteiger partial charge in [-0.05, 0) is 42.0 Å². The van der Waals surface area contributed by atoms with Gasteiger partial charge in [0.2, 0.25) is 11.8 Å². The first kappa shape index (κ1) is 12.6. The summed E-state index contributed by atoms with van der Waals surface area (Å²) in [6.45, 7) is 3.38. The van der Waals surface area contributed by atoms with Gasteiger partial charge in [-0.25, -0.2) is 0 Å². The highest BCUT2D eigenvalue weighted by Gasteiger charge is 2.19. The van der Waals surface area contributed by atoms with E-state index in [1.165, 1.54) is 29.3 Å². The molecule has 1 aliphatic carbocycles. The normalized spacial score (nSPS) is 14.9. The smallest absolute Gasteiger partial charge is 0.236 e. The van der Waals surface area contributed by atoms with Crippen LogP contribution in [0.4, 0.5) is 0 Å². The summed E-state index contributed by atoms with van der Waals surface area (Å²) in [6, 6.07) is 9.49. The Morgan fingerprint density at radius 1 is 1.29 bits per heavy atom. The molecule has 0 radical (unpaired) electrons.